The van der Waals surface area contributed by atoms with Crippen molar-refractivity contribution in [1.82, 2.24) is 15.0 Å². The topological polar surface area (TPSA) is 106 Å². The van der Waals surface area contributed by atoms with Crippen LogP contribution < -0.4 is 10.2 Å². The molecule has 0 bridgehead atoms. The van der Waals surface area contributed by atoms with E-state index in [0.29, 0.717) is 11.0 Å². The molecule has 0 aliphatic carbocycles. The third-order valence-electron chi connectivity index (χ3n) is 4.58. The van der Waals surface area contributed by atoms with Crippen LogP contribution in [0, 0.1) is 5.92 Å². The van der Waals surface area contributed by atoms with Gasteiger partial charge in [0, 0.05) is 6.20 Å². The Hall–Kier alpha value is -3.16. The molecule has 2 N–H and O–H groups in total. The highest BCUT2D eigenvalue weighted by atomic mass is 16.7. The van der Waals surface area contributed by atoms with Gasteiger partial charge in [-0.05, 0) is 25.0 Å². The van der Waals surface area contributed by atoms with Crippen LogP contribution in [-0.2, 0) is 4.79 Å². The number of pyridine rings is 1. The van der Waals surface area contributed by atoms with Gasteiger partial charge >= 0.3 is 5.97 Å². The summed E-state index contributed by atoms with van der Waals surface area (Å²) in [7, 11) is 0. The lowest BCUT2D eigenvalue weighted by Crippen LogP contribution is -2.41. The number of nitrogens with zero attached hydrogens (tertiary/aromatic N) is 3. The van der Waals surface area contributed by atoms with Crippen molar-refractivity contribution in [3.05, 3.63) is 42.2 Å². The molecule has 2 aromatic heterocycles. The van der Waals surface area contributed by atoms with E-state index in [1.165, 1.54) is 10.8 Å². The number of nitrogens with one attached hydrogen (secondary N) is 1. The highest BCUT2D eigenvalue weighted by Crippen LogP contribution is 2.28. The Bertz CT molecular complexity index is 944. The van der Waals surface area contributed by atoms with Crippen molar-refractivity contribution in [2.24, 2.45) is 10.9 Å². The SMILES string of the molecule is C=CCOn1ccc2nc(C3=NC(C)(C(C)C)C(=O)N3)c(C(=O)O)cc21. The number of hydrogen-bond acceptors (Lipinski definition) is 5. The van der Waals surface area contributed by atoms with Gasteiger partial charge in [0.05, 0.1) is 11.1 Å². The monoisotopic (exact) mass is 356 g/mol. The summed E-state index contributed by atoms with van der Waals surface area (Å²) in [5.41, 5.74) is 0.144. The lowest BCUT2D eigenvalue weighted by Gasteiger charge is -2.21. The van der Waals surface area contributed by atoms with Crippen molar-refractivity contribution < 1.29 is 19.5 Å². The summed E-state index contributed by atoms with van der Waals surface area (Å²) >= 11 is 0. The molecule has 8 heteroatoms. The van der Waals surface area contributed by atoms with E-state index in [1.54, 1.807) is 25.3 Å². The molecule has 1 aliphatic heterocycles. The van der Waals surface area contributed by atoms with Gasteiger partial charge in [0.1, 0.15) is 23.4 Å². The number of aromatic nitrogens is 2. The molecule has 0 radical (unpaired) electrons. The fourth-order valence-electron chi connectivity index (χ4n) is 2.67. The molecule has 2 aromatic rings. The minimum absolute atomic E-state index is 0.0506. The molecule has 26 heavy (non-hydrogen) atoms. The summed E-state index contributed by atoms with van der Waals surface area (Å²) in [5, 5.41) is 12.3. The van der Waals surface area contributed by atoms with E-state index in [-0.39, 0.29) is 35.5 Å². The number of aromatic carboxylic acids is 1. The molecule has 1 amide bonds. The van der Waals surface area contributed by atoms with Gasteiger partial charge in [-0.15, -0.1) is 0 Å². The first-order valence-corrected chi connectivity index (χ1v) is 8.19. The average Bonchev–Trinajstić information content (AvgIpc) is 3.13. The minimum atomic E-state index is -1.17. The van der Waals surface area contributed by atoms with E-state index in [1.807, 2.05) is 13.8 Å². The summed E-state index contributed by atoms with van der Waals surface area (Å²) in [6.07, 6.45) is 3.23. The van der Waals surface area contributed by atoms with Crippen molar-refractivity contribution >= 4 is 28.7 Å². The van der Waals surface area contributed by atoms with Crippen LogP contribution in [0.5, 0.6) is 0 Å². The molecule has 1 atom stereocenters. The maximum atomic E-state index is 12.4. The Balaban J connectivity index is 2.15. The minimum Gasteiger partial charge on any atom is -0.478 e. The highest BCUT2D eigenvalue weighted by Gasteiger charge is 2.43. The maximum Gasteiger partial charge on any atom is 0.338 e. The fourth-order valence-corrected chi connectivity index (χ4v) is 2.67. The lowest BCUT2D eigenvalue weighted by atomic mass is 9.89. The third-order valence-corrected chi connectivity index (χ3v) is 4.58. The van der Waals surface area contributed by atoms with Gasteiger partial charge in [-0.1, -0.05) is 26.5 Å². The van der Waals surface area contributed by atoms with Crippen LogP contribution in [-0.4, -0.2) is 44.7 Å². The van der Waals surface area contributed by atoms with Gasteiger partial charge < -0.3 is 15.3 Å². The lowest BCUT2D eigenvalue weighted by molar-refractivity contribution is -0.124. The molecular formula is C18H20N4O4. The number of amidine groups is 1. The quantitative estimate of drug-likeness (QED) is 0.766. The van der Waals surface area contributed by atoms with E-state index in [2.05, 4.69) is 21.9 Å². The summed E-state index contributed by atoms with van der Waals surface area (Å²) in [5.74, 6) is -1.32. The zero-order valence-corrected chi connectivity index (χ0v) is 14.8. The van der Waals surface area contributed by atoms with Crippen LogP contribution in [0.2, 0.25) is 0 Å². The van der Waals surface area contributed by atoms with Crippen molar-refractivity contribution in [2.75, 3.05) is 6.61 Å². The van der Waals surface area contributed by atoms with Gasteiger partial charge in [0.15, 0.2) is 5.84 Å². The summed E-state index contributed by atoms with van der Waals surface area (Å²) in [4.78, 5) is 38.5. The van der Waals surface area contributed by atoms with E-state index >= 15 is 0 Å². The number of rotatable bonds is 6. The van der Waals surface area contributed by atoms with E-state index in [4.69, 9.17) is 4.84 Å². The Labute approximate surface area is 150 Å². The van der Waals surface area contributed by atoms with Crippen LogP contribution in [0.1, 0.15) is 36.8 Å². The molecule has 3 heterocycles. The van der Waals surface area contributed by atoms with Crippen molar-refractivity contribution in [1.29, 1.82) is 0 Å². The predicted molar refractivity (Wildman–Crippen MR) is 96.3 cm³/mol. The molecule has 0 saturated heterocycles. The Morgan fingerprint density at radius 2 is 2.27 bits per heavy atom. The van der Waals surface area contributed by atoms with Crippen LogP contribution in [0.4, 0.5) is 0 Å². The molecule has 8 nitrogen and oxygen atoms in total. The second-order valence-corrected chi connectivity index (χ2v) is 6.54. The standard InChI is InChI=1S/C18H20N4O4/c1-5-8-26-22-7-6-12-13(22)9-11(16(23)24)14(19-12)15-20-17(25)18(4,21-15)10(2)3/h5-7,9-10H,1,8H2,2-4H3,(H,23,24)(H,20,21,25). The first-order chi connectivity index (χ1) is 12.3. The Morgan fingerprint density at radius 3 is 2.85 bits per heavy atom. The number of carboxylic acids is 1. The largest absolute Gasteiger partial charge is 0.478 e. The molecule has 3 rings (SSSR count). The smallest absolute Gasteiger partial charge is 0.338 e. The Kier molecular flexibility index (Phi) is 4.27. The third kappa shape index (κ3) is 2.73. The van der Waals surface area contributed by atoms with Crippen molar-refractivity contribution in [3.8, 4) is 0 Å². The molecule has 136 valence electrons. The van der Waals surface area contributed by atoms with Crippen LogP contribution in [0.25, 0.3) is 11.0 Å². The van der Waals surface area contributed by atoms with Crippen LogP contribution in [0.3, 0.4) is 0 Å². The first-order valence-electron chi connectivity index (χ1n) is 8.19. The number of carbonyl (C=O) groups excluding carboxylic acids is 1. The van der Waals surface area contributed by atoms with E-state index < -0.39 is 11.5 Å². The summed E-state index contributed by atoms with van der Waals surface area (Å²) in [6, 6.07) is 3.16. The number of carboxylic acid groups (broad SMARTS) is 1. The number of hydrogen-bond donors (Lipinski definition) is 2. The number of amides is 1. The second-order valence-electron chi connectivity index (χ2n) is 6.54. The molecule has 0 aromatic carbocycles. The zero-order chi connectivity index (χ0) is 19.1. The van der Waals surface area contributed by atoms with Gasteiger partial charge in [-0.3, -0.25) is 4.79 Å². The van der Waals surface area contributed by atoms with Gasteiger partial charge in [0.25, 0.3) is 5.91 Å². The van der Waals surface area contributed by atoms with Crippen LogP contribution >= 0.6 is 0 Å². The maximum absolute atomic E-state index is 12.4. The number of aliphatic imine (C=N–C) groups is 1. The normalized spacial score (nSPS) is 19.5. The Morgan fingerprint density at radius 1 is 1.54 bits per heavy atom. The summed E-state index contributed by atoms with van der Waals surface area (Å²) < 4.78 is 1.44. The molecule has 1 unspecified atom stereocenters. The number of fused-ring (bicyclic) bond motifs is 1. The first kappa shape index (κ1) is 17.7. The highest BCUT2D eigenvalue weighted by molar-refractivity contribution is 6.18. The molecular weight excluding hydrogens is 336 g/mol. The van der Waals surface area contributed by atoms with Gasteiger partial charge in [-0.2, -0.15) is 4.73 Å². The molecule has 0 spiro atoms. The van der Waals surface area contributed by atoms with Gasteiger partial charge in [0.2, 0.25) is 0 Å². The zero-order valence-electron chi connectivity index (χ0n) is 14.8. The van der Waals surface area contributed by atoms with E-state index in [9.17, 15) is 14.7 Å². The second kappa shape index (κ2) is 6.29. The molecule has 0 fully saturated rings. The van der Waals surface area contributed by atoms with Crippen LogP contribution in [0.15, 0.2) is 36.0 Å². The number of carbonyl (C=O) groups is 2. The molecule has 0 saturated carbocycles. The van der Waals surface area contributed by atoms with Crippen molar-refractivity contribution in [2.45, 2.75) is 26.3 Å². The van der Waals surface area contributed by atoms with E-state index in [0.717, 1.165) is 0 Å². The fraction of sp³-hybridized carbons (Fsp3) is 0.333. The summed E-state index contributed by atoms with van der Waals surface area (Å²) in [6.45, 7) is 9.34. The predicted octanol–water partition coefficient (Wildman–Crippen LogP) is 1.64. The average molecular weight is 356 g/mol. The van der Waals surface area contributed by atoms with Crippen molar-refractivity contribution in [3.63, 3.8) is 0 Å². The molecule has 1 aliphatic rings. The van der Waals surface area contributed by atoms with Gasteiger partial charge in [-0.25, -0.2) is 14.8 Å².